The number of likely N-dealkylation sites (N-methyl/N-ethyl adjacent to an activating group) is 1. The zero-order valence-corrected chi connectivity index (χ0v) is 23.4. The molecule has 0 spiro atoms. The van der Waals surface area contributed by atoms with Gasteiger partial charge in [-0.25, -0.2) is 9.78 Å². The van der Waals surface area contributed by atoms with Gasteiger partial charge in [0.15, 0.2) is 5.01 Å². The number of thiazole rings is 1. The SMILES string of the molecule is COCCOC(=O)N1CCC(NC(=O)c2cc3cc(Cl)ccc3[nH]2)C(NC(=O)c2nc3c(s2)CN(C)CC3)C1. The van der Waals surface area contributed by atoms with Gasteiger partial charge in [-0.15, -0.1) is 11.3 Å². The average Bonchev–Trinajstić information content (AvgIpc) is 3.53. The fourth-order valence-electron chi connectivity index (χ4n) is 4.86. The summed E-state index contributed by atoms with van der Waals surface area (Å²) in [5.41, 5.74) is 2.14. The minimum atomic E-state index is -0.549. The van der Waals surface area contributed by atoms with E-state index in [4.69, 9.17) is 21.1 Å². The molecule has 3 amide bonds. The number of nitrogens with one attached hydrogen (secondary N) is 3. The summed E-state index contributed by atoms with van der Waals surface area (Å²) >= 11 is 7.47. The predicted molar refractivity (Wildman–Crippen MR) is 147 cm³/mol. The number of carbonyl (C=O) groups is 3. The van der Waals surface area contributed by atoms with E-state index in [-0.39, 0.29) is 31.6 Å². The lowest BCUT2D eigenvalue weighted by Crippen LogP contribution is -2.61. The van der Waals surface area contributed by atoms with Crippen LogP contribution in [-0.2, 0) is 22.4 Å². The number of aromatic nitrogens is 2. The Kier molecular flexibility index (Phi) is 8.36. The molecule has 1 aromatic carbocycles. The van der Waals surface area contributed by atoms with E-state index in [0.29, 0.717) is 28.7 Å². The maximum absolute atomic E-state index is 13.3. The standard InChI is InChI=1S/C26H31ClN6O5S/c1-32-7-5-19-22(14-32)39-25(31-19)24(35)30-21-13-33(26(36)38-10-9-37-2)8-6-18(21)29-23(34)20-12-15-11-16(27)3-4-17(15)28-20/h3-4,11-12,18,21,28H,5-10,13-14H2,1-2H3,(H,29,34)(H,30,35). The molecule has 2 aliphatic rings. The number of benzene rings is 1. The quantitative estimate of drug-likeness (QED) is 0.370. The number of ether oxygens (including phenoxy) is 2. The highest BCUT2D eigenvalue weighted by Crippen LogP contribution is 2.25. The van der Waals surface area contributed by atoms with Crippen molar-refractivity contribution in [1.29, 1.82) is 0 Å². The van der Waals surface area contributed by atoms with Gasteiger partial charge in [0, 0.05) is 60.5 Å². The van der Waals surface area contributed by atoms with Crippen molar-refractivity contribution in [2.75, 3.05) is 47.0 Å². The Morgan fingerprint density at radius 1 is 1.15 bits per heavy atom. The fraction of sp³-hybridized carbons (Fsp3) is 0.462. The molecule has 1 fully saturated rings. The number of carbonyl (C=O) groups excluding carboxylic acids is 3. The molecule has 4 heterocycles. The van der Waals surface area contributed by atoms with Crippen molar-refractivity contribution in [3.8, 4) is 0 Å². The van der Waals surface area contributed by atoms with Gasteiger partial charge >= 0.3 is 6.09 Å². The summed E-state index contributed by atoms with van der Waals surface area (Å²) < 4.78 is 10.2. The molecule has 2 aromatic heterocycles. The zero-order chi connectivity index (χ0) is 27.5. The first-order valence-corrected chi connectivity index (χ1v) is 14.0. The van der Waals surface area contributed by atoms with Crippen molar-refractivity contribution in [2.24, 2.45) is 0 Å². The first-order valence-electron chi connectivity index (χ1n) is 12.8. The minimum absolute atomic E-state index is 0.131. The molecule has 3 aromatic rings. The number of halogens is 1. The molecule has 1 saturated heterocycles. The summed E-state index contributed by atoms with van der Waals surface area (Å²) in [6.45, 7) is 2.63. The number of aromatic amines is 1. The van der Waals surface area contributed by atoms with Gasteiger partial charge in [0.25, 0.3) is 11.8 Å². The van der Waals surface area contributed by atoms with E-state index in [0.717, 1.165) is 41.0 Å². The van der Waals surface area contributed by atoms with Crippen LogP contribution in [0.4, 0.5) is 4.79 Å². The van der Waals surface area contributed by atoms with Crippen molar-refractivity contribution in [1.82, 2.24) is 30.4 Å². The Labute approximate surface area is 234 Å². The lowest BCUT2D eigenvalue weighted by molar-refractivity contribution is 0.0564. The van der Waals surface area contributed by atoms with Crippen LogP contribution in [0.1, 0.15) is 37.3 Å². The number of fused-ring (bicyclic) bond motifs is 2. The second-order valence-electron chi connectivity index (χ2n) is 9.79. The molecule has 2 aliphatic heterocycles. The third-order valence-electron chi connectivity index (χ3n) is 6.96. The van der Waals surface area contributed by atoms with E-state index in [2.05, 4.69) is 25.5 Å². The van der Waals surface area contributed by atoms with Gasteiger partial charge in [0.2, 0.25) is 0 Å². The van der Waals surface area contributed by atoms with Crippen molar-refractivity contribution in [3.05, 3.63) is 50.6 Å². The molecular formula is C26H31ClN6O5S. The van der Waals surface area contributed by atoms with Crippen LogP contribution >= 0.6 is 22.9 Å². The Bertz CT molecular complexity index is 1380. The zero-order valence-electron chi connectivity index (χ0n) is 21.8. The predicted octanol–water partition coefficient (Wildman–Crippen LogP) is 2.65. The molecular weight excluding hydrogens is 544 g/mol. The van der Waals surface area contributed by atoms with Crippen LogP contribution in [0, 0.1) is 0 Å². The Morgan fingerprint density at radius 2 is 1.97 bits per heavy atom. The van der Waals surface area contributed by atoms with Crippen molar-refractivity contribution in [3.63, 3.8) is 0 Å². The highest BCUT2D eigenvalue weighted by Gasteiger charge is 2.35. The lowest BCUT2D eigenvalue weighted by atomic mass is 9.99. The first kappa shape index (κ1) is 27.4. The molecule has 3 N–H and O–H groups in total. The number of nitrogens with zero attached hydrogens (tertiary/aromatic N) is 3. The molecule has 13 heteroatoms. The van der Waals surface area contributed by atoms with Crippen LogP contribution in [0.25, 0.3) is 10.9 Å². The number of methoxy groups -OCH3 is 1. The van der Waals surface area contributed by atoms with Gasteiger partial charge in [-0.05, 0) is 37.7 Å². The van der Waals surface area contributed by atoms with Crippen molar-refractivity contribution in [2.45, 2.75) is 31.5 Å². The summed E-state index contributed by atoms with van der Waals surface area (Å²) in [5, 5.41) is 7.86. The maximum Gasteiger partial charge on any atom is 0.409 e. The minimum Gasteiger partial charge on any atom is -0.447 e. The second kappa shape index (κ2) is 11.9. The molecule has 2 atom stereocenters. The molecule has 5 rings (SSSR count). The number of piperidine rings is 1. The van der Waals surface area contributed by atoms with E-state index < -0.39 is 18.2 Å². The van der Waals surface area contributed by atoms with E-state index in [1.807, 2.05) is 13.1 Å². The molecule has 39 heavy (non-hydrogen) atoms. The van der Waals surface area contributed by atoms with Gasteiger partial charge < -0.3 is 34.9 Å². The largest absolute Gasteiger partial charge is 0.447 e. The van der Waals surface area contributed by atoms with Crippen LogP contribution < -0.4 is 10.6 Å². The lowest BCUT2D eigenvalue weighted by Gasteiger charge is -2.38. The van der Waals surface area contributed by atoms with Crippen LogP contribution in [-0.4, -0.2) is 96.8 Å². The Hall–Kier alpha value is -3.19. The summed E-state index contributed by atoms with van der Waals surface area (Å²) in [6, 6.07) is 6.13. The molecule has 0 saturated carbocycles. The average molecular weight is 575 g/mol. The topological polar surface area (TPSA) is 129 Å². The van der Waals surface area contributed by atoms with Crippen LogP contribution in [0.15, 0.2) is 24.3 Å². The van der Waals surface area contributed by atoms with Gasteiger partial charge in [-0.1, -0.05) is 11.6 Å². The Morgan fingerprint density at radius 3 is 2.79 bits per heavy atom. The van der Waals surface area contributed by atoms with Crippen LogP contribution in [0.3, 0.4) is 0 Å². The van der Waals surface area contributed by atoms with E-state index >= 15 is 0 Å². The van der Waals surface area contributed by atoms with Crippen LogP contribution in [0.5, 0.6) is 0 Å². The monoisotopic (exact) mass is 574 g/mol. The normalized spacial score (nSPS) is 19.5. The van der Waals surface area contributed by atoms with Crippen LogP contribution in [0.2, 0.25) is 5.02 Å². The molecule has 11 nitrogen and oxygen atoms in total. The summed E-state index contributed by atoms with van der Waals surface area (Å²) in [5.74, 6) is -0.633. The molecule has 208 valence electrons. The number of amides is 3. The summed E-state index contributed by atoms with van der Waals surface area (Å²) in [7, 11) is 3.57. The smallest absolute Gasteiger partial charge is 0.409 e. The van der Waals surface area contributed by atoms with Gasteiger partial charge in [-0.2, -0.15) is 0 Å². The second-order valence-corrected chi connectivity index (χ2v) is 11.3. The molecule has 0 bridgehead atoms. The Balaban J connectivity index is 1.31. The summed E-state index contributed by atoms with van der Waals surface area (Å²) in [4.78, 5) is 51.6. The highest BCUT2D eigenvalue weighted by atomic mass is 35.5. The molecule has 0 radical (unpaired) electrons. The number of hydrogen-bond donors (Lipinski definition) is 3. The van der Waals surface area contributed by atoms with Crippen molar-refractivity contribution < 1.29 is 23.9 Å². The van der Waals surface area contributed by atoms with E-state index in [9.17, 15) is 14.4 Å². The maximum atomic E-state index is 13.3. The van der Waals surface area contributed by atoms with Crippen molar-refractivity contribution >= 4 is 51.7 Å². The number of H-pyrrole nitrogens is 1. The van der Waals surface area contributed by atoms with E-state index in [1.165, 1.54) is 23.3 Å². The number of hydrogen-bond acceptors (Lipinski definition) is 8. The highest BCUT2D eigenvalue weighted by molar-refractivity contribution is 7.13. The summed E-state index contributed by atoms with van der Waals surface area (Å²) in [6.07, 6.45) is 0.742. The van der Waals surface area contributed by atoms with Gasteiger partial charge in [0.1, 0.15) is 12.3 Å². The molecule has 0 aliphatic carbocycles. The molecule has 2 unspecified atom stereocenters. The van der Waals surface area contributed by atoms with E-state index in [1.54, 1.807) is 18.2 Å². The third kappa shape index (κ3) is 6.35. The van der Waals surface area contributed by atoms with Gasteiger partial charge in [-0.3, -0.25) is 9.59 Å². The fourth-order valence-corrected chi connectivity index (χ4v) is 6.13. The number of rotatable bonds is 7. The van der Waals surface area contributed by atoms with Gasteiger partial charge in [0.05, 0.1) is 24.4 Å². The number of likely N-dealkylation sites (tertiary alicyclic amines) is 1. The first-order chi connectivity index (χ1) is 18.8. The third-order valence-corrected chi connectivity index (χ3v) is 8.28.